The van der Waals surface area contributed by atoms with Crippen molar-refractivity contribution >= 4 is 27.9 Å². The van der Waals surface area contributed by atoms with E-state index in [4.69, 9.17) is 0 Å². The molecule has 90 valence electrons. The van der Waals surface area contributed by atoms with Gasteiger partial charge < -0.3 is 4.90 Å². The van der Waals surface area contributed by atoms with Crippen LogP contribution < -0.4 is 5.32 Å². The van der Waals surface area contributed by atoms with E-state index in [0.29, 0.717) is 13.0 Å². The second kappa shape index (κ2) is 4.87. The molecule has 5 heteroatoms. The second-order valence-corrected chi connectivity index (χ2v) is 4.94. The molecule has 1 fully saturated rings. The second-order valence-electron chi connectivity index (χ2n) is 4.02. The van der Waals surface area contributed by atoms with Gasteiger partial charge in [-0.25, -0.2) is 4.79 Å². The van der Waals surface area contributed by atoms with Crippen molar-refractivity contribution in [2.45, 2.75) is 19.4 Å². The zero-order chi connectivity index (χ0) is 12.4. The number of nitrogens with one attached hydrogen (secondary N) is 1. The molecule has 0 bridgehead atoms. The highest BCUT2D eigenvalue weighted by Gasteiger charge is 2.27. The lowest BCUT2D eigenvalue weighted by Gasteiger charge is -2.32. The summed E-state index contributed by atoms with van der Waals surface area (Å²) < 4.78 is 1.01. The Morgan fingerprint density at radius 1 is 1.29 bits per heavy atom. The van der Waals surface area contributed by atoms with E-state index < -0.39 is 0 Å². The van der Waals surface area contributed by atoms with E-state index in [0.717, 1.165) is 10.0 Å². The lowest BCUT2D eigenvalue weighted by atomic mass is 10.1. The molecule has 17 heavy (non-hydrogen) atoms. The highest BCUT2D eigenvalue weighted by molar-refractivity contribution is 9.10. The number of benzene rings is 1. The molecule has 1 heterocycles. The van der Waals surface area contributed by atoms with Gasteiger partial charge in [0.25, 0.3) is 0 Å². The fraction of sp³-hybridized carbons (Fsp3) is 0.333. The van der Waals surface area contributed by atoms with Crippen LogP contribution in [0.1, 0.15) is 24.9 Å². The normalized spacial score (nSPS) is 17.9. The molecule has 3 amide bonds. The van der Waals surface area contributed by atoms with Gasteiger partial charge in [0.2, 0.25) is 5.91 Å². The first-order chi connectivity index (χ1) is 8.08. The van der Waals surface area contributed by atoms with Crippen LogP contribution in [-0.4, -0.2) is 23.4 Å². The van der Waals surface area contributed by atoms with Gasteiger partial charge in [-0.05, 0) is 24.6 Å². The zero-order valence-electron chi connectivity index (χ0n) is 9.44. The molecule has 1 aromatic carbocycles. The van der Waals surface area contributed by atoms with Crippen LogP contribution >= 0.6 is 15.9 Å². The smallest absolute Gasteiger partial charge is 0.317 e. The van der Waals surface area contributed by atoms with Gasteiger partial charge in [-0.2, -0.15) is 0 Å². The Balaban J connectivity index is 2.14. The molecule has 0 radical (unpaired) electrons. The van der Waals surface area contributed by atoms with Crippen molar-refractivity contribution in [3.8, 4) is 0 Å². The maximum atomic E-state index is 11.7. The largest absolute Gasteiger partial charge is 0.324 e. The van der Waals surface area contributed by atoms with E-state index in [2.05, 4.69) is 21.2 Å². The number of rotatable bonds is 2. The van der Waals surface area contributed by atoms with Crippen LogP contribution in [0.5, 0.6) is 0 Å². The van der Waals surface area contributed by atoms with Crippen molar-refractivity contribution in [3.05, 3.63) is 34.3 Å². The Labute approximate surface area is 108 Å². The molecule has 1 N–H and O–H groups in total. The molecule has 1 aliphatic rings. The Hall–Kier alpha value is -1.36. The molecule has 2 rings (SSSR count). The van der Waals surface area contributed by atoms with Crippen LogP contribution in [0.4, 0.5) is 4.79 Å². The molecule has 0 aliphatic carbocycles. The van der Waals surface area contributed by atoms with Gasteiger partial charge in [0.1, 0.15) is 0 Å². The summed E-state index contributed by atoms with van der Waals surface area (Å²) in [5, 5.41) is 2.33. The van der Waals surface area contributed by atoms with E-state index in [1.807, 2.05) is 31.2 Å². The first-order valence-electron chi connectivity index (χ1n) is 5.44. The molecular formula is C12H13BrN2O2. The summed E-state index contributed by atoms with van der Waals surface area (Å²) in [7, 11) is 0. The van der Waals surface area contributed by atoms with Crippen LogP contribution in [0.15, 0.2) is 28.7 Å². The third kappa shape index (κ3) is 2.66. The molecule has 1 aliphatic heterocycles. The molecule has 0 spiro atoms. The maximum Gasteiger partial charge on any atom is 0.324 e. The van der Waals surface area contributed by atoms with E-state index in [-0.39, 0.29) is 18.0 Å². The van der Waals surface area contributed by atoms with Gasteiger partial charge in [0.05, 0.1) is 6.04 Å². The lowest BCUT2D eigenvalue weighted by molar-refractivity contribution is -0.121. The minimum absolute atomic E-state index is 0.0313. The summed E-state index contributed by atoms with van der Waals surface area (Å²) in [6.07, 6.45) is 0.368. The number of carbonyl (C=O) groups excluding carboxylic acids is 2. The zero-order valence-corrected chi connectivity index (χ0v) is 11.0. The molecule has 0 aromatic heterocycles. The van der Waals surface area contributed by atoms with Crippen LogP contribution in [0, 0.1) is 0 Å². The average Bonchev–Trinajstić information content (AvgIpc) is 2.29. The number of hydrogen-bond acceptors (Lipinski definition) is 2. The summed E-state index contributed by atoms with van der Waals surface area (Å²) >= 11 is 3.37. The topological polar surface area (TPSA) is 49.4 Å². The van der Waals surface area contributed by atoms with Crippen LogP contribution in [0.25, 0.3) is 0 Å². The summed E-state index contributed by atoms with van der Waals surface area (Å²) in [5.41, 5.74) is 1.05. The maximum absolute atomic E-state index is 11.7. The van der Waals surface area contributed by atoms with Crippen molar-refractivity contribution in [1.82, 2.24) is 10.2 Å². The summed E-state index contributed by atoms with van der Waals surface area (Å²) in [5.74, 6) is -0.200. The minimum atomic E-state index is -0.309. The standard InChI is InChI=1S/C12H13BrN2O2/c1-8(9-2-4-10(13)5-3-9)15-7-6-11(16)14-12(15)17/h2-5,8H,6-7H2,1H3,(H,14,16,17). The van der Waals surface area contributed by atoms with Gasteiger partial charge in [-0.1, -0.05) is 28.1 Å². The summed E-state index contributed by atoms with van der Waals surface area (Å²) in [4.78, 5) is 24.4. The van der Waals surface area contributed by atoms with E-state index in [1.54, 1.807) is 4.90 Å². The number of amides is 3. The highest BCUT2D eigenvalue weighted by Crippen LogP contribution is 2.23. The number of hydrogen-bond donors (Lipinski definition) is 1. The third-order valence-electron chi connectivity index (χ3n) is 2.91. The van der Waals surface area contributed by atoms with Crippen molar-refractivity contribution < 1.29 is 9.59 Å². The van der Waals surface area contributed by atoms with E-state index >= 15 is 0 Å². The number of carbonyl (C=O) groups is 2. The van der Waals surface area contributed by atoms with Gasteiger partial charge in [-0.3, -0.25) is 10.1 Å². The number of urea groups is 1. The monoisotopic (exact) mass is 296 g/mol. The number of halogens is 1. The Kier molecular flexibility index (Phi) is 3.47. The van der Waals surface area contributed by atoms with Crippen molar-refractivity contribution in [1.29, 1.82) is 0 Å². The van der Waals surface area contributed by atoms with Crippen molar-refractivity contribution in [2.24, 2.45) is 0 Å². The average molecular weight is 297 g/mol. The molecular weight excluding hydrogens is 284 g/mol. The fourth-order valence-corrected chi connectivity index (χ4v) is 2.13. The Morgan fingerprint density at radius 2 is 1.94 bits per heavy atom. The number of imide groups is 1. The Bertz CT molecular complexity index is 444. The lowest BCUT2D eigenvalue weighted by Crippen LogP contribution is -2.50. The van der Waals surface area contributed by atoms with Gasteiger partial charge >= 0.3 is 6.03 Å². The van der Waals surface area contributed by atoms with Crippen LogP contribution in [0.2, 0.25) is 0 Å². The first-order valence-corrected chi connectivity index (χ1v) is 6.23. The number of nitrogens with zero attached hydrogens (tertiary/aromatic N) is 1. The van der Waals surface area contributed by atoms with Gasteiger partial charge in [0.15, 0.2) is 0 Å². The molecule has 1 atom stereocenters. The van der Waals surface area contributed by atoms with Gasteiger partial charge in [-0.15, -0.1) is 0 Å². The predicted molar refractivity (Wildman–Crippen MR) is 67.4 cm³/mol. The summed E-state index contributed by atoms with van der Waals surface area (Å²) in [6.45, 7) is 2.43. The fourth-order valence-electron chi connectivity index (χ4n) is 1.87. The van der Waals surface area contributed by atoms with E-state index in [9.17, 15) is 9.59 Å². The van der Waals surface area contributed by atoms with E-state index in [1.165, 1.54) is 0 Å². The quantitative estimate of drug-likeness (QED) is 0.911. The SMILES string of the molecule is CC(c1ccc(Br)cc1)N1CCC(=O)NC1=O. The predicted octanol–water partition coefficient (Wildman–Crippen LogP) is 2.45. The van der Waals surface area contributed by atoms with Crippen molar-refractivity contribution in [3.63, 3.8) is 0 Å². The molecule has 1 unspecified atom stereocenters. The van der Waals surface area contributed by atoms with Crippen molar-refractivity contribution in [2.75, 3.05) is 6.54 Å². The first kappa shape index (κ1) is 12.1. The molecule has 1 aromatic rings. The molecule has 4 nitrogen and oxygen atoms in total. The Morgan fingerprint density at radius 3 is 2.53 bits per heavy atom. The summed E-state index contributed by atoms with van der Waals surface area (Å²) in [6, 6.07) is 7.49. The van der Waals surface area contributed by atoms with Gasteiger partial charge in [0, 0.05) is 17.4 Å². The highest BCUT2D eigenvalue weighted by atomic mass is 79.9. The molecule has 1 saturated heterocycles. The van der Waals surface area contributed by atoms with Crippen LogP contribution in [-0.2, 0) is 4.79 Å². The minimum Gasteiger partial charge on any atom is -0.317 e. The molecule has 0 saturated carbocycles. The van der Waals surface area contributed by atoms with Crippen LogP contribution in [0.3, 0.4) is 0 Å². The third-order valence-corrected chi connectivity index (χ3v) is 3.44.